The maximum Gasteiger partial charge on any atom is 0.242 e. The van der Waals surface area contributed by atoms with Crippen LogP contribution < -0.4 is 5.32 Å². The van der Waals surface area contributed by atoms with Gasteiger partial charge in [0.2, 0.25) is 11.8 Å². The van der Waals surface area contributed by atoms with E-state index in [2.05, 4.69) is 5.32 Å². The van der Waals surface area contributed by atoms with E-state index >= 15 is 0 Å². The van der Waals surface area contributed by atoms with Gasteiger partial charge in [-0.25, -0.2) is 0 Å². The standard InChI is InChI=1S/C13H23N3O4/c1-10-12(14-3-6-20-10)13(18)15(2)9-11(17)16-4-7-19-8-5-16/h10,12,14H,3-9H2,1-2H3/t10-,12+/m1/s1. The number of ether oxygens (including phenoxy) is 2. The molecule has 2 heterocycles. The van der Waals surface area contributed by atoms with Crippen molar-refractivity contribution in [2.24, 2.45) is 0 Å². The number of hydrogen-bond donors (Lipinski definition) is 1. The van der Waals surface area contributed by atoms with Gasteiger partial charge in [0.15, 0.2) is 0 Å². The first-order valence-corrected chi connectivity index (χ1v) is 7.05. The molecule has 2 amide bonds. The summed E-state index contributed by atoms with van der Waals surface area (Å²) in [6.07, 6.45) is -0.169. The fourth-order valence-corrected chi connectivity index (χ4v) is 2.44. The third-order valence-electron chi connectivity index (χ3n) is 3.69. The van der Waals surface area contributed by atoms with E-state index in [1.807, 2.05) is 6.92 Å². The molecular weight excluding hydrogens is 262 g/mol. The molecule has 20 heavy (non-hydrogen) atoms. The average Bonchev–Trinajstić information content (AvgIpc) is 2.48. The maximum atomic E-state index is 12.3. The molecule has 0 aromatic rings. The molecule has 2 rings (SSSR count). The monoisotopic (exact) mass is 285 g/mol. The minimum atomic E-state index is -0.369. The van der Waals surface area contributed by atoms with Gasteiger partial charge < -0.3 is 24.6 Å². The number of nitrogens with one attached hydrogen (secondary N) is 1. The van der Waals surface area contributed by atoms with Gasteiger partial charge in [-0.2, -0.15) is 0 Å². The van der Waals surface area contributed by atoms with Crippen LogP contribution in [-0.4, -0.2) is 86.8 Å². The Hall–Kier alpha value is -1.18. The van der Waals surface area contributed by atoms with Crippen LogP contribution in [0, 0.1) is 0 Å². The highest BCUT2D eigenvalue weighted by atomic mass is 16.5. The SMILES string of the molecule is C[C@H]1OCCN[C@@H]1C(=O)N(C)CC(=O)N1CCOCC1. The Balaban J connectivity index is 1.85. The van der Waals surface area contributed by atoms with Crippen molar-refractivity contribution in [2.75, 3.05) is 53.0 Å². The number of nitrogens with zero attached hydrogens (tertiary/aromatic N) is 2. The van der Waals surface area contributed by atoms with Crippen molar-refractivity contribution in [3.63, 3.8) is 0 Å². The zero-order valence-corrected chi connectivity index (χ0v) is 12.1. The maximum absolute atomic E-state index is 12.3. The smallest absolute Gasteiger partial charge is 0.242 e. The lowest BCUT2D eigenvalue weighted by Gasteiger charge is -2.33. The summed E-state index contributed by atoms with van der Waals surface area (Å²) < 4.78 is 10.7. The fraction of sp³-hybridized carbons (Fsp3) is 0.846. The number of rotatable bonds is 3. The third kappa shape index (κ3) is 3.68. The van der Waals surface area contributed by atoms with Crippen LogP contribution in [0.15, 0.2) is 0 Å². The lowest BCUT2D eigenvalue weighted by molar-refractivity contribution is -0.145. The Kier molecular flexibility index (Phi) is 5.33. The molecule has 0 aromatic carbocycles. The summed E-state index contributed by atoms with van der Waals surface area (Å²) in [6, 6.07) is -0.369. The number of carbonyl (C=O) groups is 2. The Morgan fingerprint density at radius 1 is 1.30 bits per heavy atom. The van der Waals surface area contributed by atoms with Gasteiger partial charge in [-0.05, 0) is 6.92 Å². The summed E-state index contributed by atoms with van der Waals surface area (Å²) >= 11 is 0. The largest absolute Gasteiger partial charge is 0.378 e. The first-order chi connectivity index (χ1) is 9.59. The lowest BCUT2D eigenvalue weighted by atomic mass is 10.1. The molecule has 1 N–H and O–H groups in total. The average molecular weight is 285 g/mol. The Morgan fingerprint density at radius 3 is 2.65 bits per heavy atom. The van der Waals surface area contributed by atoms with Crippen molar-refractivity contribution in [1.29, 1.82) is 0 Å². The third-order valence-corrected chi connectivity index (χ3v) is 3.69. The van der Waals surface area contributed by atoms with Gasteiger partial charge in [-0.15, -0.1) is 0 Å². The second-order valence-electron chi connectivity index (χ2n) is 5.20. The molecule has 0 radical (unpaired) electrons. The molecule has 2 saturated heterocycles. The molecule has 0 aliphatic carbocycles. The first kappa shape index (κ1) is 15.2. The van der Waals surface area contributed by atoms with E-state index < -0.39 is 0 Å². The molecule has 2 aliphatic heterocycles. The number of amides is 2. The van der Waals surface area contributed by atoms with Gasteiger partial charge in [-0.1, -0.05) is 0 Å². The minimum absolute atomic E-state index is 0.0338. The molecule has 0 bridgehead atoms. The highest BCUT2D eigenvalue weighted by molar-refractivity contribution is 5.87. The van der Waals surface area contributed by atoms with Crippen LogP contribution in [0.25, 0.3) is 0 Å². The number of hydrogen-bond acceptors (Lipinski definition) is 5. The van der Waals surface area contributed by atoms with Gasteiger partial charge in [0.05, 0.1) is 32.5 Å². The van der Waals surface area contributed by atoms with E-state index in [-0.39, 0.29) is 30.5 Å². The lowest BCUT2D eigenvalue weighted by Crippen LogP contribution is -2.57. The van der Waals surface area contributed by atoms with Crippen molar-refractivity contribution in [3.05, 3.63) is 0 Å². The summed E-state index contributed by atoms with van der Waals surface area (Å²) in [7, 11) is 1.66. The van der Waals surface area contributed by atoms with E-state index in [1.54, 1.807) is 11.9 Å². The van der Waals surface area contributed by atoms with Crippen LogP contribution in [0.3, 0.4) is 0 Å². The molecule has 114 valence electrons. The van der Waals surface area contributed by atoms with Crippen LogP contribution >= 0.6 is 0 Å². The summed E-state index contributed by atoms with van der Waals surface area (Å²) in [5.74, 6) is -0.132. The van der Waals surface area contributed by atoms with E-state index in [0.29, 0.717) is 39.5 Å². The van der Waals surface area contributed by atoms with Crippen molar-refractivity contribution in [2.45, 2.75) is 19.1 Å². The second-order valence-corrected chi connectivity index (χ2v) is 5.20. The number of likely N-dealkylation sites (N-methyl/N-ethyl adjacent to an activating group) is 1. The molecule has 0 saturated carbocycles. The molecule has 2 aliphatic rings. The highest BCUT2D eigenvalue weighted by Gasteiger charge is 2.31. The molecule has 2 fully saturated rings. The summed E-state index contributed by atoms with van der Waals surface area (Å²) in [6.45, 7) is 5.57. The summed E-state index contributed by atoms with van der Waals surface area (Å²) in [5, 5.41) is 3.14. The quantitative estimate of drug-likeness (QED) is 0.696. The molecule has 7 heteroatoms. The van der Waals surface area contributed by atoms with Crippen LogP contribution in [-0.2, 0) is 19.1 Å². The van der Waals surface area contributed by atoms with Crippen LogP contribution in [0.1, 0.15) is 6.92 Å². The van der Waals surface area contributed by atoms with E-state index in [0.717, 1.165) is 0 Å². The summed E-state index contributed by atoms with van der Waals surface area (Å²) in [4.78, 5) is 27.6. The predicted octanol–water partition coefficient (Wildman–Crippen LogP) is -1.32. The number of morpholine rings is 2. The van der Waals surface area contributed by atoms with E-state index in [4.69, 9.17) is 9.47 Å². The fourth-order valence-electron chi connectivity index (χ4n) is 2.44. The minimum Gasteiger partial charge on any atom is -0.378 e. The van der Waals surface area contributed by atoms with Gasteiger partial charge >= 0.3 is 0 Å². The van der Waals surface area contributed by atoms with Crippen LogP contribution in [0.5, 0.6) is 0 Å². The predicted molar refractivity (Wildman–Crippen MR) is 72.2 cm³/mol. The topological polar surface area (TPSA) is 71.1 Å². The first-order valence-electron chi connectivity index (χ1n) is 7.05. The van der Waals surface area contributed by atoms with Crippen molar-refractivity contribution >= 4 is 11.8 Å². The molecule has 0 unspecified atom stereocenters. The van der Waals surface area contributed by atoms with Crippen LogP contribution in [0.4, 0.5) is 0 Å². The number of carbonyl (C=O) groups excluding carboxylic acids is 2. The molecule has 0 aromatic heterocycles. The molecule has 0 spiro atoms. The van der Waals surface area contributed by atoms with Crippen LogP contribution in [0.2, 0.25) is 0 Å². The second kappa shape index (κ2) is 7.01. The zero-order chi connectivity index (χ0) is 14.5. The molecular formula is C13H23N3O4. The van der Waals surface area contributed by atoms with Gasteiger partial charge in [0, 0.05) is 26.7 Å². The van der Waals surface area contributed by atoms with E-state index in [9.17, 15) is 9.59 Å². The Morgan fingerprint density at radius 2 is 2.00 bits per heavy atom. The van der Waals surface area contributed by atoms with Gasteiger partial charge in [0.1, 0.15) is 6.04 Å². The van der Waals surface area contributed by atoms with Gasteiger partial charge in [0.25, 0.3) is 0 Å². The Bertz CT molecular complexity index is 358. The van der Waals surface area contributed by atoms with Crippen molar-refractivity contribution in [1.82, 2.24) is 15.1 Å². The van der Waals surface area contributed by atoms with Gasteiger partial charge in [-0.3, -0.25) is 9.59 Å². The summed E-state index contributed by atoms with van der Waals surface area (Å²) in [5.41, 5.74) is 0. The highest BCUT2D eigenvalue weighted by Crippen LogP contribution is 2.07. The molecule has 2 atom stereocenters. The van der Waals surface area contributed by atoms with Crippen molar-refractivity contribution in [3.8, 4) is 0 Å². The molecule has 7 nitrogen and oxygen atoms in total. The Labute approximate surface area is 119 Å². The normalized spacial score (nSPS) is 27.2. The van der Waals surface area contributed by atoms with E-state index in [1.165, 1.54) is 4.90 Å². The zero-order valence-electron chi connectivity index (χ0n) is 12.1. The van der Waals surface area contributed by atoms with Crippen molar-refractivity contribution < 1.29 is 19.1 Å².